The zero-order chi connectivity index (χ0) is 25.6. The second-order valence-corrected chi connectivity index (χ2v) is 10.9. The quantitative estimate of drug-likeness (QED) is 0.385. The van der Waals surface area contributed by atoms with Crippen molar-refractivity contribution in [2.45, 2.75) is 62.9 Å². The number of aromatic nitrogens is 3. The fourth-order valence-corrected chi connectivity index (χ4v) is 4.82. The molecule has 9 heteroatoms. The van der Waals surface area contributed by atoms with Gasteiger partial charge in [-0.15, -0.1) is 0 Å². The number of nitriles is 1. The summed E-state index contributed by atoms with van der Waals surface area (Å²) in [5.41, 5.74) is 4.19. The van der Waals surface area contributed by atoms with Gasteiger partial charge in [0.1, 0.15) is 17.2 Å². The molecule has 37 heavy (non-hydrogen) atoms. The van der Waals surface area contributed by atoms with Crippen LogP contribution in [0.2, 0.25) is 0 Å². The van der Waals surface area contributed by atoms with Gasteiger partial charge in [-0.25, -0.2) is 9.97 Å². The molecule has 3 heterocycles. The monoisotopic (exact) mass is 494 g/mol. The van der Waals surface area contributed by atoms with Crippen molar-refractivity contribution in [1.82, 2.24) is 25.6 Å². The van der Waals surface area contributed by atoms with E-state index in [2.05, 4.69) is 60.5 Å². The molecule has 1 aromatic carbocycles. The molecule has 2 fully saturated rings. The minimum atomic E-state index is -0.747. The number of rotatable bonds is 7. The third-order valence-electron chi connectivity index (χ3n) is 7.43. The SMILES string of the molecule is CC(C)(C#N)c1cccc(Nc2nc(Nc3ccc4c(c3)CNCC43CC3)ncc2C(=O)NC2CC2)n1. The second-order valence-electron chi connectivity index (χ2n) is 10.9. The van der Waals surface area contributed by atoms with Crippen LogP contribution < -0.4 is 21.3 Å². The number of nitrogens with zero attached hydrogens (tertiary/aromatic N) is 4. The highest BCUT2D eigenvalue weighted by Crippen LogP contribution is 2.50. The normalized spacial score (nSPS) is 17.4. The molecular weight excluding hydrogens is 464 g/mol. The van der Waals surface area contributed by atoms with E-state index in [9.17, 15) is 10.1 Å². The molecule has 3 aromatic rings. The van der Waals surface area contributed by atoms with Crippen LogP contribution in [0.5, 0.6) is 0 Å². The number of hydrogen-bond donors (Lipinski definition) is 4. The summed E-state index contributed by atoms with van der Waals surface area (Å²) in [7, 11) is 0. The number of hydrogen-bond acceptors (Lipinski definition) is 8. The summed E-state index contributed by atoms with van der Waals surface area (Å²) in [6, 6.07) is 14.4. The van der Waals surface area contributed by atoms with Gasteiger partial charge in [0.25, 0.3) is 5.91 Å². The fraction of sp³-hybridized carbons (Fsp3) is 0.393. The Hall–Kier alpha value is -4.03. The summed E-state index contributed by atoms with van der Waals surface area (Å²) in [6.45, 7) is 5.54. The van der Waals surface area contributed by atoms with Crippen molar-refractivity contribution in [3.8, 4) is 6.07 Å². The maximum atomic E-state index is 13.0. The fourth-order valence-electron chi connectivity index (χ4n) is 4.82. The maximum absolute atomic E-state index is 13.0. The van der Waals surface area contributed by atoms with E-state index < -0.39 is 5.41 Å². The lowest BCUT2D eigenvalue weighted by molar-refractivity contribution is 0.0951. The van der Waals surface area contributed by atoms with E-state index in [4.69, 9.17) is 0 Å². The van der Waals surface area contributed by atoms with Crippen molar-refractivity contribution in [3.05, 3.63) is 65.0 Å². The summed E-state index contributed by atoms with van der Waals surface area (Å²) in [6.07, 6.45) is 5.98. The van der Waals surface area contributed by atoms with Gasteiger partial charge in [0.15, 0.2) is 0 Å². The molecule has 188 valence electrons. The topological polar surface area (TPSA) is 128 Å². The minimum Gasteiger partial charge on any atom is -0.349 e. The average Bonchev–Trinajstić information content (AvgIpc) is 3.83. The largest absolute Gasteiger partial charge is 0.349 e. The highest BCUT2D eigenvalue weighted by Gasteiger charge is 2.46. The molecular formula is C28H30N8O. The molecule has 3 aliphatic rings. The summed E-state index contributed by atoms with van der Waals surface area (Å²) in [5.74, 6) is 1.01. The molecule has 2 saturated carbocycles. The molecule has 0 bridgehead atoms. The van der Waals surface area contributed by atoms with Crippen LogP contribution in [0.4, 0.5) is 23.3 Å². The van der Waals surface area contributed by atoms with Crippen molar-refractivity contribution >= 4 is 29.2 Å². The number of carbonyl (C=O) groups excluding carboxylic acids is 1. The molecule has 2 aliphatic carbocycles. The van der Waals surface area contributed by atoms with E-state index in [0.29, 0.717) is 34.3 Å². The van der Waals surface area contributed by atoms with Gasteiger partial charge in [-0.1, -0.05) is 12.1 Å². The third-order valence-corrected chi connectivity index (χ3v) is 7.43. The smallest absolute Gasteiger partial charge is 0.256 e. The predicted molar refractivity (Wildman–Crippen MR) is 141 cm³/mol. The van der Waals surface area contributed by atoms with Gasteiger partial charge < -0.3 is 21.3 Å². The lowest BCUT2D eigenvalue weighted by Gasteiger charge is -2.26. The first-order valence-corrected chi connectivity index (χ1v) is 12.8. The third kappa shape index (κ3) is 4.72. The van der Waals surface area contributed by atoms with Gasteiger partial charge in [0.05, 0.1) is 17.2 Å². The van der Waals surface area contributed by atoms with Crippen LogP contribution in [-0.2, 0) is 17.4 Å². The Labute approximate surface area is 216 Å². The molecule has 0 saturated heterocycles. The van der Waals surface area contributed by atoms with Gasteiger partial charge >= 0.3 is 0 Å². The first-order valence-electron chi connectivity index (χ1n) is 12.8. The Bertz CT molecular complexity index is 1420. The zero-order valence-electron chi connectivity index (χ0n) is 21.1. The van der Waals surface area contributed by atoms with Gasteiger partial charge in [0, 0.05) is 36.4 Å². The molecule has 0 unspecified atom stereocenters. The average molecular weight is 495 g/mol. The predicted octanol–water partition coefficient (Wildman–Crippen LogP) is 4.19. The van der Waals surface area contributed by atoms with E-state index in [1.165, 1.54) is 30.2 Å². The minimum absolute atomic E-state index is 0.204. The number of nitrogens with one attached hydrogen (secondary N) is 4. The molecule has 1 aliphatic heterocycles. The molecule has 4 N–H and O–H groups in total. The number of carbonyl (C=O) groups is 1. The van der Waals surface area contributed by atoms with Crippen LogP contribution in [0.1, 0.15) is 66.7 Å². The highest BCUT2D eigenvalue weighted by molar-refractivity contribution is 5.99. The molecule has 9 nitrogen and oxygen atoms in total. The second kappa shape index (κ2) is 8.82. The zero-order valence-corrected chi connectivity index (χ0v) is 21.1. The molecule has 0 atom stereocenters. The van der Waals surface area contributed by atoms with E-state index >= 15 is 0 Å². The summed E-state index contributed by atoms with van der Waals surface area (Å²) in [5, 5.41) is 22.6. The Morgan fingerprint density at radius 2 is 2.00 bits per heavy atom. The van der Waals surface area contributed by atoms with Crippen molar-refractivity contribution in [2.75, 3.05) is 17.2 Å². The van der Waals surface area contributed by atoms with E-state index in [1.807, 2.05) is 26.0 Å². The van der Waals surface area contributed by atoms with Crippen molar-refractivity contribution in [2.24, 2.45) is 0 Å². The molecule has 1 spiro atoms. The Balaban J connectivity index is 1.29. The number of anilines is 4. The summed E-state index contributed by atoms with van der Waals surface area (Å²) >= 11 is 0. The lowest BCUT2D eigenvalue weighted by Crippen LogP contribution is -2.33. The maximum Gasteiger partial charge on any atom is 0.256 e. The standard InChI is InChI=1S/C28H30N8O/c1-27(2,15-29)22-4-3-5-23(34-22)35-24-20(25(37)32-18-6-7-18)14-31-26(36-24)33-19-8-9-21-17(12-19)13-30-16-28(21)10-11-28/h3-5,8-9,12,14,18,30H,6-7,10-11,13,16H2,1-2H3,(H,32,37)(H2,31,33,34,35,36). The number of pyridine rings is 1. The van der Waals surface area contributed by atoms with Crippen molar-refractivity contribution in [1.29, 1.82) is 5.26 Å². The van der Waals surface area contributed by atoms with E-state index in [1.54, 1.807) is 6.07 Å². The van der Waals surface area contributed by atoms with Crippen LogP contribution in [0, 0.1) is 11.3 Å². The van der Waals surface area contributed by atoms with E-state index in [-0.39, 0.29) is 11.9 Å². The summed E-state index contributed by atoms with van der Waals surface area (Å²) in [4.78, 5) is 26.7. The van der Waals surface area contributed by atoms with Crippen LogP contribution in [0.15, 0.2) is 42.6 Å². The van der Waals surface area contributed by atoms with Crippen LogP contribution in [0.25, 0.3) is 0 Å². The summed E-state index contributed by atoms with van der Waals surface area (Å²) < 4.78 is 0. The Morgan fingerprint density at radius 1 is 1.16 bits per heavy atom. The number of amides is 1. The lowest BCUT2D eigenvalue weighted by atomic mass is 9.88. The van der Waals surface area contributed by atoms with Crippen molar-refractivity contribution < 1.29 is 4.79 Å². The first-order chi connectivity index (χ1) is 17.8. The number of fused-ring (bicyclic) bond motifs is 2. The van der Waals surface area contributed by atoms with Gasteiger partial charge in [0.2, 0.25) is 5.95 Å². The highest BCUT2D eigenvalue weighted by atomic mass is 16.1. The van der Waals surface area contributed by atoms with Crippen LogP contribution >= 0.6 is 0 Å². The van der Waals surface area contributed by atoms with Crippen LogP contribution in [-0.4, -0.2) is 33.4 Å². The molecule has 1 amide bonds. The molecule has 6 rings (SSSR count). The van der Waals surface area contributed by atoms with Crippen LogP contribution in [0.3, 0.4) is 0 Å². The van der Waals surface area contributed by atoms with E-state index in [0.717, 1.165) is 31.6 Å². The number of benzene rings is 1. The van der Waals surface area contributed by atoms with Crippen molar-refractivity contribution in [3.63, 3.8) is 0 Å². The van der Waals surface area contributed by atoms with Gasteiger partial charge in [-0.3, -0.25) is 4.79 Å². The van der Waals surface area contributed by atoms with Gasteiger partial charge in [-0.05, 0) is 74.9 Å². The first kappa shape index (κ1) is 23.4. The molecule has 0 radical (unpaired) electrons. The van der Waals surface area contributed by atoms with Gasteiger partial charge in [-0.2, -0.15) is 10.2 Å². The molecule has 2 aromatic heterocycles. The Kier molecular flexibility index (Phi) is 5.57. The Morgan fingerprint density at radius 3 is 2.76 bits per heavy atom.